The maximum Gasteiger partial charge on any atom is 1.00 e. The minimum atomic E-state index is -1.72. The molecule has 0 aliphatic rings. The van der Waals surface area contributed by atoms with Crippen LogP contribution in [0.15, 0.2) is 0 Å². The van der Waals surface area contributed by atoms with Crippen molar-refractivity contribution in [1.82, 2.24) is 0 Å². The Bertz CT molecular complexity index is 116. The summed E-state index contributed by atoms with van der Waals surface area (Å²) in [6, 6.07) is 0. The molecule has 0 spiro atoms. The predicted octanol–water partition coefficient (Wildman–Crippen LogP) is -0.551. The summed E-state index contributed by atoms with van der Waals surface area (Å²) in [6.07, 6.45) is 0.234. The molecular formula is C6H12Cl3LiO2. The van der Waals surface area contributed by atoms with Gasteiger partial charge in [0.05, 0.1) is 5.60 Å². The van der Waals surface area contributed by atoms with Gasteiger partial charge in [0.15, 0.2) is 6.29 Å². The monoisotopic (exact) mass is 228 g/mol. The third-order valence-electron chi connectivity index (χ3n) is 0.134. The van der Waals surface area contributed by atoms with Crippen LogP contribution in [0.1, 0.15) is 22.2 Å². The molecule has 70 valence electrons. The van der Waals surface area contributed by atoms with Crippen molar-refractivity contribution in [2.75, 3.05) is 0 Å². The van der Waals surface area contributed by atoms with Gasteiger partial charge in [-0.05, 0) is 20.8 Å². The summed E-state index contributed by atoms with van der Waals surface area (Å²) in [5, 5.41) is 8.52. The quantitative estimate of drug-likeness (QED) is 0.344. The smallest absolute Gasteiger partial charge is 1.00 e. The van der Waals surface area contributed by atoms with E-state index in [4.69, 9.17) is 39.9 Å². The van der Waals surface area contributed by atoms with Crippen LogP contribution in [-0.4, -0.2) is 20.8 Å². The summed E-state index contributed by atoms with van der Waals surface area (Å²) in [7, 11) is 0. The Labute approximate surface area is 101 Å². The zero-order valence-corrected chi connectivity index (χ0v) is 9.83. The fourth-order valence-electron chi connectivity index (χ4n) is 0. The van der Waals surface area contributed by atoms with Crippen LogP contribution in [0.5, 0.6) is 0 Å². The Balaban J connectivity index is -0.0000000546. The molecule has 0 rings (SSSR count). The second kappa shape index (κ2) is 7.50. The molecule has 0 fully saturated rings. The van der Waals surface area contributed by atoms with Crippen LogP contribution < -0.4 is 18.9 Å². The zero-order valence-electron chi connectivity index (χ0n) is 8.57. The van der Waals surface area contributed by atoms with E-state index in [0.29, 0.717) is 0 Å². The number of halogens is 3. The fourth-order valence-corrected chi connectivity index (χ4v) is 0. The molecule has 12 heavy (non-hydrogen) atoms. The molecule has 6 heteroatoms. The van der Waals surface area contributed by atoms with Crippen LogP contribution >= 0.6 is 34.8 Å². The predicted molar refractivity (Wildman–Crippen MR) is 49.4 cm³/mol. The van der Waals surface area contributed by atoms with E-state index >= 15 is 0 Å². The molecule has 2 nitrogen and oxygen atoms in total. The number of aliphatic hydroxyl groups is 1. The Morgan fingerprint density at radius 3 is 1.33 bits per heavy atom. The summed E-state index contributed by atoms with van der Waals surface area (Å²) >= 11 is 14.6. The molecule has 0 amide bonds. The van der Waals surface area contributed by atoms with Crippen molar-refractivity contribution in [2.45, 2.75) is 30.2 Å². The number of hydrogen-bond acceptors (Lipinski definition) is 2. The van der Waals surface area contributed by atoms with Crippen LogP contribution in [-0.2, 0) is 4.79 Å². The van der Waals surface area contributed by atoms with Gasteiger partial charge in [-0.15, -0.1) is 0 Å². The van der Waals surface area contributed by atoms with Gasteiger partial charge in [0, 0.05) is 0 Å². The first kappa shape index (κ1) is 18.8. The molecule has 0 aromatic carbocycles. The molecule has 1 N–H and O–H groups in total. The number of alkyl halides is 3. The van der Waals surface area contributed by atoms with Crippen molar-refractivity contribution >= 4 is 41.1 Å². The van der Waals surface area contributed by atoms with Gasteiger partial charge >= 0.3 is 18.9 Å². The Morgan fingerprint density at radius 2 is 1.33 bits per heavy atom. The van der Waals surface area contributed by atoms with Crippen molar-refractivity contribution < 1.29 is 30.2 Å². The van der Waals surface area contributed by atoms with Crippen molar-refractivity contribution in [3.05, 3.63) is 0 Å². The number of carbonyl (C=O) groups excluding carboxylic acids is 1. The standard InChI is InChI=1S/C4H10O.C2HCl3O.Li.H/c1-4(2,3)5;3-2(4,5)1-6;;/h5H,1-3H3;1H;;/q;;+1;-1. The number of hydrogen-bond donors (Lipinski definition) is 1. The molecule has 0 aromatic rings. The van der Waals surface area contributed by atoms with Gasteiger partial charge in [0.1, 0.15) is 0 Å². The fraction of sp³-hybridized carbons (Fsp3) is 0.833. The van der Waals surface area contributed by atoms with Gasteiger partial charge < -0.3 is 6.53 Å². The van der Waals surface area contributed by atoms with Gasteiger partial charge in [-0.3, -0.25) is 4.79 Å². The Kier molecular flexibility index (Phi) is 11.7. The zero-order chi connectivity index (χ0) is 9.71. The van der Waals surface area contributed by atoms with Gasteiger partial charge in [-0.2, -0.15) is 0 Å². The first-order valence-electron chi connectivity index (χ1n) is 2.81. The third-order valence-corrected chi connectivity index (χ3v) is 0.401. The van der Waals surface area contributed by atoms with Crippen LogP contribution in [0, 0.1) is 0 Å². The molecule has 0 aliphatic carbocycles. The molecule has 0 saturated carbocycles. The molecular weight excluding hydrogens is 217 g/mol. The number of rotatable bonds is 0. The molecule has 0 aromatic heterocycles. The van der Waals surface area contributed by atoms with E-state index in [1.807, 2.05) is 0 Å². The SMILES string of the molecule is CC(C)(C)O.O=CC(Cl)(Cl)Cl.[H-].[Li+]. The third kappa shape index (κ3) is 67.4. The molecule has 0 atom stereocenters. The summed E-state index contributed by atoms with van der Waals surface area (Å²) in [6.45, 7) is 5.23. The second-order valence-corrected chi connectivity index (χ2v) is 5.20. The maximum atomic E-state index is 9.43. The van der Waals surface area contributed by atoms with Crippen molar-refractivity contribution in [1.29, 1.82) is 0 Å². The van der Waals surface area contributed by atoms with Gasteiger partial charge in [0.2, 0.25) is 3.79 Å². The van der Waals surface area contributed by atoms with Gasteiger partial charge in [-0.25, -0.2) is 0 Å². The van der Waals surface area contributed by atoms with Crippen LogP contribution in [0.4, 0.5) is 0 Å². The van der Waals surface area contributed by atoms with E-state index in [0.717, 1.165) is 0 Å². The van der Waals surface area contributed by atoms with Crippen LogP contribution in [0.25, 0.3) is 0 Å². The van der Waals surface area contributed by atoms with Gasteiger partial charge in [0.25, 0.3) is 0 Å². The van der Waals surface area contributed by atoms with E-state index in [-0.39, 0.29) is 26.6 Å². The van der Waals surface area contributed by atoms with E-state index in [2.05, 4.69) is 0 Å². The van der Waals surface area contributed by atoms with E-state index in [1.165, 1.54) is 0 Å². The minimum Gasteiger partial charge on any atom is -1.00 e. The average Bonchev–Trinajstić information content (AvgIpc) is 1.59. The Morgan fingerprint density at radius 1 is 1.25 bits per heavy atom. The van der Waals surface area contributed by atoms with Crippen LogP contribution in [0.3, 0.4) is 0 Å². The summed E-state index contributed by atoms with van der Waals surface area (Å²) < 4.78 is -1.72. The molecule has 0 saturated heterocycles. The molecule has 0 aliphatic heterocycles. The van der Waals surface area contributed by atoms with E-state index in [9.17, 15) is 4.79 Å². The van der Waals surface area contributed by atoms with E-state index < -0.39 is 9.39 Å². The van der Waals surface area contributed by atoms with Crippen molar-refractivity contribution in [2.24, 2.45) is 0 Å². The molecule has 0 radical (unpaired) electrons. The molecule has 0 bridgehead atoms. The maximum absolute atomic E-state index is 9.43. The summed E-state index contributed by atoms with van der Waals surface area (Å²) in [5.74, 6) is 0. The largest absolute Gasteiger partial charge is 1.00 e. The van der Waals surface area contributed by atoms with Crippen LogP contribution in [0.2, 0.25) is 0 Å². The first-order valence-corrected chi connectivity index (χ1v) is 3.95. The molecule has 0 heterocycles. The van der Waals surface area contributed by atoms with Gasteiger partial charge in [-0.1, -0.05) is 34.8 Å². The topological polar surface area (TPSA) is 37.3 Å². The number of aldehydes is 1. The summed E-state index contributed by atoms with van der Waals surface area (Å²) in [4.78, 5) is 9.43. The second-order valence-electron chi connectivity index (χ2n) is 2.83. The normalized spacial score (nSPS) is 10.6. The minimum absolute atomic E-state index is 0. The molecule has 0 unspecified atom stereocenters. The van der Waals surface area contributed by atoms with E-state index in [1.54, 1.807) is 20.8 Å². The first-order chi connectivity index (χ1) is 4.56. The number of carbonyl (C=O) groups is 1. The summed E-state index contributed by atoms with van der Waals surface area (Å²) in [5.41, 5.74) is -0.500. The van der Waals surface area contributed by atoms with Crippen molar-refractivity contribution in [3.63, 3.8) is 0 Å². The Hall–Kier alpha value is 1.10. The average molecular weight is 229 g/mol. The van der Waals surface area contributed by atoms with Crippen molar-refractivity contribution in [3.8, 4) is 0 Å².